The molecule has 292 valence electrons. The Kier molecular flexibility index (Phi) is 18.3. The van der Waals surface area contributed by atoms with E-state index in [0.717, 1.165) is 31.6 Å². The average Bonchev–Trinajstić information content (AvgIpc) is 3.81. The molecule has 0 aromatic heterocycles. The molecular formula is C44H51Ar2B4O4P3+2. The van der Waals surface area contributed by atoms with E-state index in [-0.39, 0.29) is 105 Å². The van der Waals surface area contributed by atoms with E-state index in [0.29, 0.717) is 51.5 Å². The van der Waals surface area contributed by atoms with Crippen LogP contribution in [0.25, 0.3) is 0 Å². The minimum Gasteiger partial charge on any atom is -0.462 e. The molecule has 1 unspecified atom stereocenters. The van der Waals surface area contributed by atoms with Gasteiger partial charge in [0.05, 0.1) is 60.0 Å². The summed E-state index contributed by atoms with van der Waals surface area (Å²) in [5.74, 6) is 1.34. The molecule has 2 saturated heterocycles. The summed E-state index contributed by atoms with van der Waals surface area (Å²) in [5, 5.41) is 4.96. The maximum atomic E-state index is 11.1. The van der Waals surface area contributed by atoms with Crippen LogP contribution in [-0.2, 0) is 19.0 Å². The quantitative estimate of drug-likeness (QED) is 0.0987. The fourth-order valence-corrected chi connectivity index (χ4v) is 18.3. The van der Waals surface area contributed by atoms with Crippen molar-refractivity contribution in [1.29, 1.82) is 0 Å². The molecule has 9 atom stereocenters. The van der Waals surface area contributed by atoms with Crippen LogP contribution in [-0.4, -0.2) is 79.1 Å². The Morgan fingerprint density at radius 2 is 1.23 bits per heavy atom. The fourth-order valence-electron chi connectivity index (χ4n) is 10.0. The number of hydrogen-bond acceptors (Lipinski definition) is 4. The van der Waals surface area contributed by atoms with Gasteiger partial charge in [0.15, 0.2) is 5.79 Å². The normalized spacial score (nSPS) is 27.8. The number of carbonyl (C=O) groups excluding carboxylic acids is 1. The standard InChI is InChI=1S/C35H38B2O2P2.C9H13B2O2P.2Ar/c1-35(2)38-24-23-31-32(26-40(36,27-15-7-3-8-16-27)28-17-9-4-10-18-28)34(25-33(31)39-35)41(37,29-19-11-5-12-20-29)30-21-13-6-14-22-30;10-3-5-1-8-6(2-9(12)13-8)7(5)4-14-11;;/h3-22,31-34H,23-26H2,1-2H3;5-8,14H,1-4H2;;/q+2;;;/t31-,32-,33+,34+;5-,6-,7+,8+;;/m11../s1. The summed E-state index contributed by atoms with van der Waals surface area (Å²) in [6.07, 6.45) is 6.16. The topological polar surface area (TPSA) is 44.8 Å². The molecule has 2 aliphatic heterocycles. The van der Waals surface area contributed by atoms with Gasteiger partial charge in [-0.2, -0.15) is 8.46 Å². The fraction of sp³-hybridized carbons (Fsp3) is 0.432. The molecule has 2 aliphatic carbocycles. The van der Waals surface area contributed by atoms with Gasteiger partial charge in [0, 0.05) is 108 Å². The van der Waals surface area contributed by atoms with Gasteiger partial charge < -0.3 is 14.2 Å². The molecule has 8 rings (SSSR count). The van der Waals surface area contributed by atoms with Gasteiger partial charge in [0.25, 0.3) is 0 Å². The Bertz CT molecular complexity index is 1770. The largest absolute Gasteiger partial charge is 0.462 e. The van der Waals surface area contributed by atoms with E-state index in [9.17, 15) is 4.79 Å². The number of rotatable bonds is 10. The number of ether oxygens (including phenoxy) is 3. The number of benzene rings is 4. The first-order valence-corrected chi connectivity index (χ1v) is 25.0. The first-order valence-electron chi connectivity index (χ1n) is 19.8. The van der Waals surface area contributed by atoms with Gasteiger partial charge in [0.1, 0.15) is 13.7 Å². The maximum Gasteiger partial charge on any atom is 0.377 e. The molecule has 4 aliphatic rings. The van der Waals surface area contributed by atoms with E-state index < -0.39 is 20.1 Å². The van der Waals surface area contributed by atoms with Gasteiger partial charge in [-0.15, -0.1) is 0 Å². The number of carbonyl (C=O) groups is 1. The Morgan fingerprint density at radius 3 is 1.72 bits per heavy atom. The summed E-state index contributed by atoms with van der Waals surface area (Å²) in [7, 11) is 22.8. The maximum absolute atomic E-state index is 11.1. The molecule has 0 amide bonds. The van der Waals surface area contributed by atoms with Crippen molar-refractivity contribution in [3.8, 4) is 0 Å². The molecule has 4 aromatic carbocycles. The summed E-state index contributed by atoms with van der Waals surface area (Å²) in [6.45, 7) is 4.77. The number of hydrogen-bond donors (Lipinski definition) is 0. The SMILES string of the molecule is [Ar].[Ar].[B]C[C@H]1C[C@@H]2OC(=O)C[C@@H]2[C@H]1CP[B].[B][P+](C[C@@H]1[C@H]2CCOC(C)(C)O[C@H]2C[C@@H]1[P+]([B])(c1ccccc1)c1ccccc1)(c1ccccc1)c1ccccc1. The predicted molar refractivity (Wildman–Crippen MR) is 239 cm³/mol. The van der Waals surface area contributed by atoms with Crippen LogP contribution in [0.2, 0.25) is 6.32 Å². The first-order chi connectivity index (χ1) is 26.6. The van der Waals surface area contributed by atoms with Crippen molar-refractivity contribution in [2.24, 2.45) is 29.6 Å². The Hall–Kier alpha value is 0.339. The van der Waals surface area contributed by atoms with E-state index in [1.54, 1.807) is 0 Å². The van der Waals surface area contributed by atoms with Crippen LogP contribution in [0.1, 0.15) is 39.5 Å². The van der Waals surface area contributed by atoms with Gasteiger partial charge >= 0.3 is 21.1 Å². The monoisotopic (exact) mass is 860 g/mol. The summed E-state index contributed by atoms with van der Waals surface area (Å²) in [6, 6.07) is 43.1. The van der Waals surface area contributed by atoms with Gasteiger partial charge in [-0.1, -0.05) is 79.1 Å². The first kappa shape index (κ1) is 48.4. The summed E-state index contributed by atoms with van der Waals surface area (Å²) < 4.78 is 18.2. The molecule has 0 N–H and O–H groups in total. The Morgan fingerprint density at radius 1 is 0.719 bits per heavy atom. The zero-order valence-electron chi connectivity index (χ0n) is 32.9. The van der Waals surface area contributed by atoms with Crippen LogP contribution in [0, 0.1) is 105 Å². The smallest absolute Gasteiger partial charge is 0.377 e. The second-order valence-electron chi connectivity index (χ2n) is 16.2. The third-order valence-corrected chi connectivity index (χ3v) is 20.8. The molecule has 13 heteroatoms. The molecule has 2 saturated carbocycles. The molecule has 8 radical (unpaired) electrons. The van der Waals surface area contributed by atoms with Gasteiger partial charge in [-0.05, 0) is 99.1 Å². The number of fused-ring (bicyclic) bond motifs is 2. The zero-order valence-corrected chi connectivity index (χ0v) is 37.1. The van der Waals surface area contributed by atoms with Crippen LogP contribution in [0.3, 0.4) is 0 Å². The Balaban J connectivity index is 0.000000328. The summed E-state index contributed by atoms with van der Waals surface area (Å²) in [5.41, 5.74) is 0.228. The molecule has 4 fully saturated rings. The van der Waals surface area contributed by atoms with Crippen LogP contribution in [0.5, 0.6) is 0 Å². The molecule has 0 bridgehead atoms. The second-order valence-corrected chi connectivity index (χ2v) is 23.4. The van der Waals surface area contributed by atoms with Crippen LogP contribution < -0.4 is 21.2 Å². The van der Waals surface area contributed by atoms with Crippen molar-refractivity contribution in [2.75, 3.05) is 18.9 Å². The van der Waals surface area contributed by atoms with Crippen molar-refractivity contribution in [3.63, 3.8) is 0 Å². The third-order valence-electron chi connectivity index (χ3n) is 12.7. The van der Waals surface area contributed by atoms with E-state index in [2.05, 4.69) is 121 Å². The van der Waals surface area contributed by atoms with Crippen molar-refractivity contribution < 1.29 is 94.5 Å². The molecule has 57 heavy (non-hydrogen) atoms. The van der Waals surface area contributed by atoms with Crippen LogP contribution in [0.15, 0.2) is 121 Å². The molecule has 0 spiro atoms. The van der Waals surface area contributed by atoms with Crippen LogP contribution in [0.4, 0.5) is 0 Å². The van der Waals surface area contributed by atoms with E-state index in [1.807, 2.05) is 13.8 Å². The number of esters is 1. The van der Waals surface area contributed by atoms with Crippen molar-refractivity contribution >= 4 is 80.5 Å². The van der Waals surface area contributed by atoms with E-state index >= 15 is 0 Å². The minimum atomic E-state index is -2.33. The van der Waals surface area contributed by atoms with Crippen molar-refractivity contribution in [1.82, 2.24) is 0 Å². The van der Waals surface area contributed by atoms with Crippen molar-refractivity contribution in [2.45, 2.75) is 69.5 Å². The van der Waals surface area contributed by atoms with Gasteiger partial charge in [-0.3, -0.25) is 4.79 Å². The van der Waals surface area contributed by atoms with Crippen molar-refractivity contribution in [3.05, 3.63) is 121 Å². The van der Waals surface area contributed by atoms with Gasteiger partial charge in [0.2, 0.25) is 0 Å². The summed E-state index contributed by atoms with van der Waals surface area (Å²) in [4.78, 5) is 11.1. The zero-order chi connectivity index (χ0) is 38.6. The van der Waals surface area contributed by atoms with Gasteiger partial charge in [-0.25, -0.2) is 0 Å². The second kappa shape index (κ2) is 21.6. The molecule has 2 heterocycles. The third kappa shape index (κ3) is 10.8. The molecular weight excluding hydrogens is 809 g/mol. The van der Waals surface area contributed by atoms with E-state index in [4.69, 9.17) is 44.8 Å². The summed E-state index contributed by atoms with van der Waals surface area (Å²) >= 11 is 0. The Labute approximate surface area is 409 Å². The molecule has 4 nitrogen and oxygen atoms in total. The molecule has 4 aromatic rings. The van der Waals surface area contributed by atoms with Crippen LogP contribution >= 0.6 is 22.7 Å². The minimum absolute atomic E-state index is 0. The average molecular weight is 860 g/mol. The predicted octanol–water partition coefficient (Wildman–Crippen LogP) is 6.94. The van der Waals surface area contributed by atoms with E-state index in [1.165, 1.54) is 21.2 Å².